The molecule has 2 heterocycles. The minimum Gasteiger partial charge on any atom is -0.491 e. The van der Waals surface area contributed by atoms with E-state index in [-0.39, 0.29) is 36.9 Å². The predicted molar refractivity (Wildman–Crippen MR) is 130 cm³/mol. The molecular formula is C24H32N6O7. The standard InChI is InChI=1S/C24H32N6O7/c25-19(31)13-16-23(35)27-9-12-37-18-6-2-1-5-15(18)22(34)29-17(14-20(32)28-16)24(36)26-8-4-11-30-10-3-7-21(30)33/h1-2,5-6,16-17H,3-4,7-14H2,(H2,25,31)(H,26,36)(H,27,35)(H,28,32)(H,29,34)/t16-,17-/m0/s1. The number of hydrogen-bond acceptors (Lipinski definition) is 7. The number of likely N-dealkylation sites (tertiary alicyclic amines) is 1. The van der Waals surface area contributed by atoms with Crippen LogP contribution in [0.1, 0.15) is 42.5 Å². The minimum absolute atomic E-state index is 0.0106. The molecule has 1 fully saturated rings. The van der Waals surface area contributed by atoms with Gasteiger partial charge in [0.2, 0.25) is 29.5 Å². The molecule has 0 aliphatic carbocycles. The molecule has 37 heavy (non-hydrogen) atoms. The summed E-state index contributed by atoms with van der Waals surface area (Å²) in [6.45, 7) is 1.46. The lowest BCUT2D eigenvalue weighted by Gasteiger charge is -2.23. The largest absolute Gasteiger partial charge is 0.491 e. The lowest BCUT2D eigenvalue weighted by Crippen LogP contribution is -2.53. The summed E-state index contributed by atoms with van der Waals surface area (Å²) in [5.74, 6) is -3.09. The number of primary amides is 1. The molecule has 1 aromatic rings. The van der Waals surface area contributed by atoms with Crippen LogP contribution in [0.15, 0.2) is 24.3 Å². The Hall–Kier alpha value is -4.16. The van der Waals surface area contributed by atoms with Gasteiger partial charge in [-0.05, 0) is 25.0 Å². The second kappa shape index (κ2) is 13.2. The summed E-state index contributed by atoms with van der Waals surface area (Å²) < 4.78 is 5.63. The molecule has 2 atom stereocenters. The molecule has 2 aliphatic heterocycles. The van der Waals surface area contributed by atoms with E-state index in [0.717, 1.165) is 6.42 Å². The minimum atomic E-state index is -1.28. The van der Waals surface area contributed by atoms with E-state index in [0.29, 0.717) is 25.9 Å². The number of hydrogen-bond donors (Lipinski definition) is 5. The van der Waals surface area contributed by atoms with E-state index in [9.17, 15) is 28.8 Å². The third-order valence-corrected chi connectivity index (χ3v) is 5.93. The van der Waals surface area contributed by atoms with Gasteiger partial charge in [0.05, 0.1) is 24.9 Å². The fraction of sp³-hybridized carbons (Fsp3) is 0.500. The Morgan fingerprint density at radius 3 is 2.65 bits per heavy atom. The van der Waals surface area contributed by atoms with E-state index in [2.05, 4.69) is 21.3 Å². The van der Waals surface area contributed by atoms with Gasteiger partial charge in [-0.2, -0.15) is 0 Å². The summed E-state index contributed by atoms with van der Waals surface area (Å²) in [5.41, 5.74) is 5.38. The first-order chi connectivity index (χ1) is 17.7. The van der Waals surface area contributed by atoms with Gasteiger partial charge >= 0.3 is 0 Å². The van der Waals surface area contributed by atoms with Crippen LogP contribution < -0.4 is 31.7 Å². The highest BCUT2D eigenvalue weighted by Gasteiger charge is 2.29. The quantitative estimate of drug-likeness (QED) is 0.263. The van der Waals surface area contributed by atoms with Gasteiger partial charge in [-0.25, -0.2) is 0 Å². The fourth-order valence-corrected chi connectivity index (χ4v) is 4.08. The van der Waals surface area contributed by atoms with Crippen LogP contribution >= 0.6 is 0 Å². The molecule has 6 amide bonds. The topological polar surface area (TPSA) is 189 Å². The van der Waals surface area contributed by atoms with Gasteiger partial charge in [0.25, 0.3) is 5.91 Å². The second-order valence-electron chi connectivity index (χ2n) is 8.79. The zero-order chi connectivity index (χ0) is 26.8. The van der Waals surface area contributed by atoms with E-state index < -0.39 is 54.5 Å². The van der Waals surface area contributed by atoms with E-state index >= 15 is 0 Å². The van der Waals surface area contributed by atoms with Crippen molar-refractivity contribution < 1.29 is 33.5 Å². The van der Waals surface area contributed by atoms with Crippen molar-refractivity contribution in [2.75, 3.05) is 32.8 Å². The highest BCUT2D eigenvalue weighted by Crippen LogP contribution is 2.18. The summed E-state index contributed by atoms with van der Waals surface area (Å²) in [5, 5.41) is 10.2. The molecule has 0 unspecified atom stereocenters. The monoisotopic (exact) mass is 516 g/mol. The van der Waals surface area contributed by atoms with Crippen molar-refractivity contribution in [1.29, 1.82) is 0 Å². The van der Waals surface area contributed by atoms with Crippen LogP contribution in [0.5, 0.6) is 5.75 Å². The van der Waals surface area contributed by atoms with Gasteiger partial charge < -0.3 is 36.6 Å². The molecule has 3 rings (SSSR count). The number of amides is 6. The highest BCUT2D eigenvalue weighted by atomic mass is 16.5. The SMILES string of the molecule is NC(=O)C[C@@H]1NC(=O)C[C@@H](C(=O)NCCCN2CCCC2=O)NC(=O)c2ccccc2OCCNC1=O. The van der Waals surface area contributed by atoms with Crippen LogP contribution in [-0.2, 0) is 24.0 Å². The number of carbonyl (C=O) groups is 6. The van der Waals surface area contributed by atoms with Gasteiger partial charge in [0.1, 0.15) is 24.4 Å². The Morgan fingerprint density at radius 2 is 1.92 bits per heavy atom. The van der Waals surface area contributed by atoms with E-state index in [1.807, 2.05) is 0 Å². The lowest BCUT2D eigenvalue weighted by atomic mass is 10.1. The maximum absolute atomic E-state index is 13.0. The first-order valence-electron chi connectivity index (χ1n) is 12.2. The molecule has 2 aliphatic rings. The number of carbonyl (C=O) groups excluding carboxylic acids is 6. The summed E-state index contributed by atoms with van der Waals surface area (Å²) in [4.78, 5) is 76.2. The molecule has 13 heteroatoms. The van der Waals surface area contributed by atoms with Crippen molar-refractivity contribution in [3.05, 3.63) is 29.8 Å². The number of fused-ring (bicyclic) bond motifs is 1. The van der Waals surface area contributed by atoms with Crippen LogP contribution in [0.4, 0.5) is 0 Å². The molecule has 0 saturated carbocycles. The average molecular weight is 517 g/mol. The highest BCUT2D eigenvalue weighted by molar-refractivity contribution is 6.01. The van der Waals surface area contributed by atoms with Crippen molar-refractivity contribution in [1.82, 2.24) is 26.2 Å². The third-order valence-electron chi connectivity index (χ3n) is 5.93. The first-order valence-corrected chi connectivity index (χ1v) is 12.2. The summed E-state index contributed by atoms with van der Waals surface area (Å²) >= 11 is 0. The van der Waals surface area contributed by atoms with Crippen LogP contribution in [0.25, 0.3) is 0 Å². The number of para-hydroxylation sites is 1. The molecule has 13 nitrogen and oxygen atoms in total. The van der Waals surface area contributed by atoms with Gasteiger partial charge in [-0.1, -0.05) is 12.1 Å². The van der Waals surface area contributed by atoms with Crippen molar-refractivity contribution in [3.8, 4) is 5.75 Å². The number of nitrogens with two attached hydrogens (primary N) is 1. The van der Waals surface area contributed by atoms with Crippen molar-refractivity contribution in [3.63, 3.8) is 0 Å². The van der Waals surface area contributed by atoms with E-state index in [1.165, 1.54) is 6.07 Å². The Balaban J connectivity index is 1.73. The second-order valence-corrected chi connectivity index (χ2v) is 8.79. The fourth-order valence-electron chi connectivity index (χ4n) is 4.08. The van der Waals surface area contributed by atoms with Crippen molar-refractivity contribution >= 4 is 35.4 Å². The summed E-state index contributed by atoms with van der Waals surface area (Å²) in [6, 6.07) is 3.84. The normalized spacial score (nSPS) is 21.0. The van der Waals surface area contributed by atoms with Crippen LogP contribution in [0, 0.1) is 0 Å². The molecule has 0 bridgehead atoms. The number of nitrogens with zero attached hydrogens (tertiary/aromatic N) is 1. The van der Waals surface area contributed by atoms with Crippen LogP contribution in [0.2, 0.25) is 0 Å². The summed E-state index contributed by atoms with van der Waals surface area (Å²) in [6.07, 6.45) is 0.902. The third kappa shape index (κ3) is 8.19. The smallest absolute Gasteiger partial charge is 0.255 e. The maximum Gasteiger partial charge on any atom is 0.255 e. The van der Waals surface area contributed by atoms with E-state index in [1.54, 1.807) is 23.1 Å². The molecule has 6 N–H and O–H groups in total. The zero-order valence-electron chi connectivity index (χ0n) is 20.4. The van der Waals surface area contributed by atoms with E-state index in [4.69, 9.17) is 10.5 Å². The molecule has 200 valence electrons. The molecule has 0 aromatic heterocycles. The van der Waals surface area contributed by atoms with Crippen molar-refractivity contribution in [2.45, 2.75) is 44.2 Å². The molecule has 0 radical (unpaired) electrons. The lowest BCUT2D eigenvalue weighted by molar-refractivity contribution is -0.132. The maximum atomic E-state index is 13.0. The number of ether oxygens (including phenoxy) is 1. The van der Waals surface area contributed by atoms with Gasteiger partial charge in [0.15, 0.2) is 0 Å². The van der Waals surface area contributed by atoms with Crippen LogP contribution in [-0.4, -0.2) is 85.2 Å². The van der Waals surface area contributed by atoms with Gasteiger partial charge in [-0.15, -0.1) is 0 Å². The number of rotatable bonds is 7. The molecule has 1 aromatic carbocycles. The first kappa shape index (κ1) is 27.4. The summed E-state index contributed by atoms with van der Waals surface area (Å²) in [7, 11) is 0. The molecular weight excluding hydrogens is 484 g/mol. The number of benzene rings is 1. The van der Waals surface area contributed by atoms with Crippen LogP contribution in [0.3, 0.4) is 0 Å². The Morgan fingerprint density at radius 1 is 1.14 bits per heavy atom. The Kier molecular flexibility index (Phi) is 9.81. The van der Waals surface area contributed by atoms with Gasteiger partial charge in [0, 0.05) is 26.1 Å². The Bertz CT molecular complexity index is 1050. The number of nitrogens with one attached hydrogen (secondary N) is 4. The zero-order valence-corrected chi connectivity index (χ0v) is 20.4. The Labute approximate surface area is 213 Å². The molecule has 1 saturated heterocycles. The predicted octanol–water partition coefficient (Wildman–Crippen LogP) is -1.83. The van der Waals surface area contributed by atoms with Gasteiger partial charge in [-0.3, -0.25) is 28.8 Å². The molecule has 0 spiro atoms. The average Bonchev–Trinajstić information content (AvgIpc) is 3.27. The van der Waals surface area contributed by atoms with Crippen molar-refractivity contribution in [2.24, 2.45) is 5.73 Å².